The maximum atomic E-state index is 13.3. The summed E-state index contributed by atoms with van der Waals surface area (Å²) in [5.74, 6) is 0.886. The predicted molar refractivity (Wildman–Crippen MR) is 121 cm³/mol. The van der Waals surface area contributed by atoms with Crippen molar-refractivity contribution in [2.45, 2.75) is 13.0 Å². The average Bonchev–Trinajstić information content (AvgIpc) is 3.35. The summed E-state index contributed by atoms with van der Waals surface area (Å²) in [6.07, 6.45) is 0. The zero-order valence-electron chi connectivity index (χ0n) is 17.8. The number of nitrogens with zero attached hydrogens (tertiary/aromatic N) is 3. The topological polar surface area (TPSA) is 68.5 Å². The number of carbonyl (C=O) groups excluding carboxylic acids is 1. The molecule has 160 valence electrons. The SMILES string of the molecule is Cc1cccc(-c2nnc(-c3ccc(C(=O)N4CCOC[C@H]4c4ccccc4)cc3)o2)c1. The summed E-state index contributed by atoms with van der Waals surface area (Å²) in [6.45, 7) is 3.62. The van der Waals surface area contributed by atoms with Gasteiger partial charge in [-0.25, -0.2) is 0 Å². The van der Waals surface area contributed by atoms with Crippen LogP contribution in [0.2, 0.25) is 0 Å². The van der Waals surface area contributed by atoms with Gasteiger partial charge in [0.25, 0.3) is 5.91 Å². The Morgan fingerprint density at radius 3 is 2.41 bits per heavy atom. The summed E-state index contributed by atoms with van der Waals surface area (Å²) in [7, 11) is 0. The zero-order valence-corrected chi connectivity index (χ0v) is 17.8. The van der Waals surface area contributed by atoms with E-state index in [-0.39, 0.29) is 11.9 Å². The van der Waals surface area contributed by atoms with Gasteiger partial charge in [-0.05, 0) is 48.9 Å². The van der Waals surface area contributed by atoms with E-state index in [2.05, 4.69) is 10.2 Å². The van der Waals surface area contributed by atoms with Gasteiger partial charge in [-0.2, -0.15) is 0 Å². The highest BCUT2D eigenvalue weighted by molar-refractivity contribution is 5.95. The number of rotatable bonds is 4. The number of hydrogen-bond donors (Lipinski definition) is 0. The molecule has 1 saturated heterocycles. The third kappa shape index (κ3) is 4.05. The molecule has 0 saturated carbocycles. The molecular formula is C26H23N3O3. The van der Waals surface area contributed by atoms with Crippen molar-refractivity contribution in [1.82, 2.24) is 15.1 Å². The normalized spacial score (nSPS) is 16.2. The van der Waals surface area contributed by atoms with E-state index in [1.54, 1.807) is 0 Å². The van der Waals surface area contributed by atoms with Crippen LogP contribution in [0.4, 0.5) is 0 Å². The molecule has 0 radical (unpaired) electrons. The van der Waals surface area contributed by atoms with Crippen LogP contribution in [0.1, 0.15) is 27.5 Å². The summed E-state index contributed by atoms with van der Waals surface area (Å²) in [5.41, 5.74) is 4.48. The molecule has 1 fully saturated rings. The number of hydrogen-bond acceptors (Lipinski definition) is 5. The summed E-state index contributed by atoms with van der Waals surface area (Å²) >= 11 is 0. The molecule has 4 aromatic rings. The van der Waals surface area contributed by atoms with Gasteiger partial charge in [0.05, 0.1) is 19.3 Å². The molecular weight excluding hydrogens is 402 g/mol. The van der Waals surface area contributed by atoms with E-state index in [1.165, 1.54) is 0 Å². The molecule has 2 heterocycles. The average molecular weight is 425 g/mol. The van der Waals surface area contributed by atoms with Crippen molar-refractivity contribution in [2.24, 2.45) is 0 Å². The second-order valence-electron chi connectivity index (χ2n) is 7.86. The Kier molecular flexibility index (Phi) is 5.52. The number of carbonyl (C=O) groups is 1. The first-order chi connectivity index (χ1) is 15.7. The molecule has 1 aliphatic rings. The summed E-state index contributed by atoms with van der Waals surface area (Å²) < 4.78 is 11.5. The molecule has 0 unspecified atom stereocenters. The lowest BCUT2D eigenvalue weighted by atomic mass is 10.0. The van der Waals surface area contributed by atoms with Crippen LogP contribution >= 0.6 is 0 Å². The first-order valence-corrected chi connectivity index (χ1v) is 10.6. The van der Waals surface area contributed by atoms with Crippen LogP contribution in [0.3, 0.4) is 0 Å². The largest absolute Gasteiger partial charge is 0.416 e. The minimum atomic E-state index is -0.0926. The van der Waals surface area contributed by atoms with Crippen molar-refractivity contribution in [3.05, 3.63) is 95.6 Å². The maximum Gasteiger partial charge on any atom is 0.254 e. The van der Waals surface area contributed by atoms with Crippen molar-refractivity contribution in [2.75, 3.05) is 19.8 Å². The van der Waals surface area contributed by atoms with Crippen LogP contribution in [0.5, 0.6) is 0 Å². The smallest absolute Gasteiger partial charge is 0.254 e. The highest BCUT2D eigenvalue weighted by atomic mass is 16.5. The fourth-order valence-electron chi connectivity index (χ4n) is 3.95. The quantitative estimate of drug-likeness (QED) is 0.464. The number of ether oxygens (including phenoxy) is 1. The molecule has 6 nitrogen and oxygen atoms in total. The van der Waals surface area contributed by atoms with E-state index in [0.717, 1.165) is 22.3 Å². The van der Waals surface area contributed by atoms with Crippen molar-refractivity contribution >= 4 is 5.91 Å². The Labute approximate surface area is 186 Å². The lowest BCUT2D eigenvalue weighted by molar-refractivity contribution is -0.00269. The Hall–Kier alpha value is -3.77. The van der Waals surface area contributed by atoms with Crippen LogP contribution in [-0.2, 0) is 4.74 Å². The van der Waals surface area contributed by atoms with Gasteiger partial charge < -0.3 is 14.1 Å². The van der Waals surface area contributed by atoms with Crippen molar-refractivity contribution in [3.8, 4) is 22.9 Å². The van der Waals surface area contributed by atoms with Crippen molar-refractivity contribution in [1.29, 1.82) is 0 Å². The lowest BCUT2D eigenvalue weighted by Gasteiger charge is -2.36. The molecule has 6 heteroatoms. The third-order valence-corrected chi connectivity index (χ3v) is 5.64. The number of aromatic nitrogens is 2. The molecule has 0 aliphatic carbocycles. The number of aryl methyl sites for hydroxylation is 1. The van der Waals surface area contributed by atoms with Gasteiger partial charge >= 0.3 is 0 Å². The molecule has 32 heavy (non-hydrogen) atoms. The monoisotopic (exact) mass is 425 g/mol. The Balaban J connectivity index is 1.36. The Morgan fingerprint density at radius 2 is 1.66 bits per heavy atom. The molecule has 1 aromatic heterocycles. The van der Waals surface area contributed by atoms with Gasteiger partial charge in [-0.15, -0.1) is 10.2 Å². The summed E-state index contributed by atoms with van der Waals surface area (Å²) in [5, 5.41) is 8.35. The maximum absolute atomic E-state index is 13.3. The molecule has 0 N–H and O–H groups in total. The fourth-order valence-corrected chi connectivity index (χ4v) is 3.95. The highest BCUT2D eigenvalue weighted by Gasteiger charge is 2.29. The Bertz CT molecular complexity index is 1220. The van der Waals surface area contributed by atoms with E-state index in [4.69, 9.17) is 9.15 Å². The number of morpholine rings is 1. The van der Waals surface area contributed by atoms with Crippen LogP contribution < -0.4 is 0 Å². The Morgan fingerprint density at radius 1 is 0.906 bits per heavy atom. The third-order valence-electron chi connectivity index (χ3n) is 5.64. The second-order valence-corrected chi connectivity index (χ2v) is 7.86. The minimum Gasteiger partial charge on any atom is -0.416 e. The van der Waals surface area contributed by atoms with Crippen LogP contribution in [-0.4, -0.2) is 40.8 Å². The van der Waals surface area contributed by atoms with Crippen LogP contribution in [0.15, 0.2) is 83.3 Å². The molecule has 3 aromatic carbocycles. The van der Waals surface area contributed by atoms with Gasteiger partial charge in [-0.3, -0.25) is 4.79 Å². The molecule has 1 amide bonds. The second kappa shape index (κ2) is 8.77. The first-order valence-electron chi connectivity index (χ1n) is 10.6. The van der Waals surface area contributed by atoms with Gasteiger partial charge in [0.1, 0.15) is 0 Å². The predicted octanol–water partition coefficient (Wildman–Crippen LogP) is 4.93. The van der Waals surface area contributed by atoms with E-state index in [1.807, 2.05) is 90.7 Å². The lowest BCUT2D eigenvalue weighted by Crippen LogP contribution is -2.43. The van der Waals surface area contributed by atoms with E-state index in [0.29, 0.717) is 37.1 Å². The van der Waals surface area contributed by atoms with Crippen LogP contribution in [0.25, 0.3) is 22.9 Å². The van der Waals surface area contributed by atoms with E-state index < -0.39 is 0 Å². The highest BCUT2D eigenvalue weighted by Crippen LogP contribution is 2.28. The molecule has 0 bridgehead atoms. The zero-order chi connectivity index (χ0) is 21.9. The minimum absolute atomic E-state index is 0.0142. The fraction of sp³-hybridized carbons (Fsp3) is 0.192. The van der Waals surface area contributed by atoms with Crippen molar-refractivity contribution in [3.63, 3.8) is 0 Å². The molecule has 5 rings (SSSR count). The first kappa shape index (κ1) is 20.2. The summed E-state index contributed by atoms with van der Waals surface area (Å²) in [6, 6.07) is 25.2. The molecule has 1 atom stereocenters. The summed E-state index contributed by atoms with van der Waals surface area (Å²) in [4.78, 5) is 15.2. The van der Waals surface area contributed by atoms with E-state index in [9.17, 15) is 4.79 Å². The standard InChI is InChI=1S/C26H23N3O3/c1-18-6-5-9-22(16-18)25-28-27-24(32-25)20-10-12-21(13-11-20)26(30)29-14-15-31-17-23(29)19-7-3-2-4-8-19/h2-13,16,23H,14-15,17H2,1H3/t23-/m0/s1. The van der Waals surface area contributed by atoms with Gasteiger partial charge in [0.2, 0.25) is 11.8 Å². The molecule has 1 aliphatic heterocycles. The van der Waals surface area contributed by atoms with Gasteiger partial charge in [-0.1, -0.05) is 48.0 Å². The van der Waals surface area contributed by atoms with E-state index >= 15 is 0 Å². The van der Waals surface area contributed by atoms with Gasteiger partial charge in [0.15, 0.2) is 0 Å². The number of amides is 1. The molecule has 0 spiro atoms. The van der Waals surface area contributed by atoms with Crippen LogP contribution in [0, 0.1) is 6.92 Å². The van der Waals surface area contributed by atoms with Crippen molar-refractivity contribution < 1.29 is 13.9 Å². The van der Waals surface area contributed by atoms with Gasteiger partial charge in [0, 0.05) is 23.2 Å². The number of benzene rings is 3.